The number of rotatable bonds is 8. The van der Waals surface area contributed by atoms with Gasteiger partial charge in [-0.05, 0) is 70.0 Å². The number of thiophene rings is 1. The van der Waals surface area contributed by atoms with E-state index in [1.54, 1.807) is 22.8 Å². The number of ether oxygens (including phenoxy) is 1. The van der Waals surface area contributed by atoms with Gasteiger partial charge in [-0.3, -0.25) is 14.3 Å². The first-order valence-electron chi connectivity index (χ1n) is 12.5. The van der Waals surface area contributed by atoms with Gasteiger partial charge in [0, 0.05) is 4.88 Å². The number of nitrogens with zero attached hydrogens (tertiary/aromatic N) is 3. The largest absolute Gasteiger partial charge is 0.461 e. The Hall–Kier alpha value is -1.73. The smallest absolute Gasteiger partial charge is 0.329 e. The summed E-state index contributed by atoms with van der Waals surface area (Å²) in [6, 6.07) is -0.718. The average Bonchev–Trinajstić information content (AvgIpc) is 3.04. The molecule has 0 spiro atoms. The molecule has 7 heteroatoms. The maximum absolute atomic E-state index is 13.7. The monoisotopic (exact) mass is 475 g/mol. The summed E-state index contributed by atoms with van der Waals surface area (Å²) in [5.41, 5.74) is 0.822. The summed E-state index contributed by atoms with van der Waals surface area (Å²) in [5, 5.41) is 0.631. The number of hydrogen-bond acceptors (Lipinski definition) is 6. The zero-order valence-corrected chi connectivity index (χ0v) is 22.4. The molecule has 4 unspecified atom stereocenters. The van der Waals surface area contributed by atoms with Crippen LogP contribution in [0.15, 0.2) is 4.79 Å². The number of aromatic nitrogens is 2. The van der Waals surface area contributed by atoms with Crippen LogP contribution >= 0.6 is 11.3 Å². The lowest BCUT2D eigenvalue weighted by molar-refractivity contribution is -0.159. The molecule has 0 amide bonds. The lowest BCUT2D eigenvalue weighted by Crippen LogP contribution is -2.40. The van der Waals surface area contributed by atoms with Gasteiger partial charge in [0.05, 0.1) is 11.9 Å². The van der Waals surface area contributed by atoms with Crippen molar-refractivity contribution in [3.05, 3.63) is 26.6 Å². The number of fused-ring (bicyclic) bond motifs is 1. The fourth-order valence-electron chi connectivity index (χ4n) is 5.11. The van der Waals surface area contributed by atoms with Crippen LogP contribution in [0.25, 0.3) is 10.2 Å². The van der Waals surface area contributed by atoms with Crippen LogP contribution in [0.4, 0.5) is 0 Å². The van der Waals surface area contributed by atoms with Crippen LogP contribution in [-0.2, 0) is 16.1 Å². The predicted molar refractivity (Wildman–Crippen MR) is 136 cm³/mol. The van der Waals surface area contributed by atoms with Crippen molar-refractivity contribution in [1.82, 2.24) is 14.5 Å². The molecule has 1 aliphatic rings. The number of carbonyl (C=O) groups excluding carboxylic acids is 1. The van der Waals surface area contributed by atoms with Crippen molar-refractivity contribution in [1.29, 1.82) is 0 Å². The summed E-state index contributed by atoms with van der Waals surface area (Å²) < 4.78 is 7.73. The van der Waals surface area contributed by atoms with Crippen molar-refractivity contribution in [2.24, 2.45) is 17.8 Å². The van der Waals surface area contributed by atoms with E-state index in [0.717, 1.165) is 41.2 Å². The molecule has 33 heavy (non-hydrogen) atoms. The van der Waals surface area contributed by atoms with Crippen LogP contribution in [0, 0.1) is 31.6 Å². The number of hydrogen-bond donors (Lipinski definition) is 0. The van der Waals surface area contributed by atoms with Crippen molar-refractivity contribution in [3.8, 4) is 0 Å². The lowest BCUT2D eigenvalue weighted by atomic mass is 9.75. The molecule has 184 valence electrons. The van der Waals surface area contributed by atoms with Gasteiger partial charge < -0.3 is 4.74 Å². The molecule has 4 atom stereocenters. The van der Waals surface area contributed by atoms with E-state index in [1.165, 1.54) is 6.42 Å². The quantitative estimate of drug-likeness (QED) is 0.473. The van der Waals surface area contributed by atoms with Crippen LogP contribution in [0.3, 0.4) is 0 Å². The molecule has 0 aromatic carbocycles. The van der Waals surface area contributed by atoms with Gasteiger partial charge in [0.2, 0.25) is 0 Å². The Kier molecular flexibility index (Phi) is 8.38. The number of esters is 1. The van der Waals surface area contributed by atoms with E-state index in [2.05, 4.69) is 39.5 Å². The van der Waals surface area contributed by atoms with Crippen LogP contribution in [0.5, 0.6) is 0 Å². The maximum atomic E-state index is 13.7. The second-order valence-electron chi connectivity index (χ2n) is 10.1. The van der Waals surface area contributed by atoms with E-state index >= 15 is 0 Å². The molecule has 0 radical (unpaired) electrons. The molecule has 0 bridgehead atoms. The second-order valence-corrected chi connectivity index (χ2v) is 11.3. The fourth-order valence-corrected chi connectivity index (χ4v) is 6.15. The van der Waals surface area contributed by atoms with Crippen LogP contribution in [0.1, 0.15) is 83.1 Å². The zero-order chi connectivity index (χ0) is 24.4. The Balaban J connectivity index is 2.00. The molecule has 6 nitrogen and oxygen atoms in total. The van der Waals surface area contributed by atoms with Gasteiger partial charge in [-0.1, -0.05) is 41.0 Å². The minimum atomic E-state index is -0.718. The van der Waals surface area contributed by atoms with Crippen molar-refractivity contribution >= 4 is 27.5 Å². The Morgan fingerprint density at radius 1 is 1.21 bits per heavy atom. The summed E-state index contributed by atoms with van der Waals surface area (Å²) in [6.45, 7) is 18.8. The van der Waals surface area contributed by atoms with E-state index in [0.29, 0.717) is 35.5 Å². The highest BCUT2D eigenvalue weighted by molar-refractivity contribution is 7.18. The topological polar surface area (TPSA) is 64.4 Å². The van der Waals surface area contributed by atoms with Gasteiger partial charge in [0.1, 0.15) is 22.8 Å². The molecule has 2 heterocycles. The first kappa shape index (κ1) is 25.9. The van der Waals surface area contributed by atoms with Gasteiger partial charge in [-0.2, -0.15) is 0 Å². The fraction of sp³-hybridized carbons (Fsp3) is 0.731. The third kappa shape index (κ3) is 5.35. The summed E-state index contributed by atoms with van der Waals surface area (Å²) in [5.74, 6) is 1.68. The number of carbonyl (C=O) groups is 1. The van der Waals surface area contributed by atoms with Gasteiger partial charge in [0.25, 0.3) is 5.56 Å². The van der Waals surface area contributed by atoms with E-state index in [-0.39, 0.29) is 17.6 Å². The normalized spacial score (nSPS) is 22.3. The maximum Gasteiger partial charge on any atom is 0.329 e. The molecule has 2 aromatic rings. The average molecular weight is 476 g/mol. The van der Waals surface area contributed by atoms with Crippen LogP contribution in [-0.4, -0.2) is 39.6 Å². The highest BCUT2D eigenvalue weighted by atomic mass is 32.1. The molecular formula is C26H41N3O3S. The zero-order valence-electron chi connectivity index (χ0n) is 21.6. The Bertz CT molecular complexity index is 1040. The SMILES string of the molecule is CCN(CC)Cc1nc2sc(C)c(C)c2c(=O)n1C(C)C(=O)OC1CC(C)CCC1C(C)C. The van der Waals surface area contributed by atoms with E-state index < -0.39 is 6.04 Å². The standard InChI is InChI=1S/C26H41N3O3S/c1-9-28(10-2)14-22-27-24-23(17(6)19(8)33-24)25(30)29(22)18(7)26(31)32-21-13-16(5)11-12-20(21)15(3)4/h15-16,18,20-21H,9-14H2,1-8H3. The molecule has 1 aliphatic carbocycles. The Morgan fingerprint density at radius 2 is 1.88 bits per heavy atom. The highest BCUT2D eigenvalue weighted by Crippen LogP contribution is 2.36. The second kappa shape index (κ2) is 10.7. The third-order valence-electron chi connectivity index (χ3n) is 7.52. The third-order valence-corrected chi connectivity index (χ3v) is 8.63. The first-order valence-corrected chi connectivity index (χ1v) is 13.3. The van der Waals surface area contributed by atoms with Gasteiger partial charge in [0.15, 0.2) is 0 Å². The predicted octanol–water partition coefficient (Wildman–Crippen LogP) is 5.48. The summed E-state index contributed by atoms with van der Waals surface area (Å²) >= 11 is 1.55. The molecule has 1 fully saturated rings. The number of aryl methyl sites for hydroxylation is 2. The Labute approximate surface area is 202 Å². The van der Waals surface area contributed by atoms with Crippen molar-refractivity contribution in [2.45, 2.75) is 93.3 Å². The van der Waals surface area contributed by atoms with E-state index in [4.69, 9.17) is 9.72 Å². The molecule has 0 N–H and O–H groups in total. The molecule has 0 aliphatic heterocycles. The van der Waals surface area contributed by atoms with Crippen LogP contribution < -0.4 is 5.56 Å². The molecule has 1 saturated carbocycles. The highest BCUT2D eigenvalue weighted by Gasteiger charge is 2.35. The molecule has 0 saturated heterocycles. The minimum absolute atomic E-state index is 0.0903. The minimum Gasteiger partial charge on any atom is -0.461 e. The van der Waals surface area contributed by atoms with Crippen molar-refractivity contribution in [3.63, 3.8) is 0 Å². The Morgan fingerprint density at radius 3 is 2.48 bits per heavy atom. The van der Waals surface area contributed by atoms with Crippen LogP contribution in [0.2, 0.25) is 0 Å². The first-order chi connectivity index (χ1) is 15.6. The molecular weight excluding hydrogens is 434 g/mol. The van der Waals surface area contributed by atoms with Crippen molar-refractivity contribution < 1.29 is 9.53 Å². The van der Waals surface area contributed by atoms with Crippen molar-refractivity contribution in [2.75, 3.05) is 13.1 Å². The molecule has 3 rings (SSSR count). The summed E-state index contributed by atoms with van der Waals surface area (Å²) in [7, 11) is 0. The van der Waals surface area contributed by atoms with Gasteiger partial charge in [-0.25, -0.2) is 9.78 Å². The molecule has 2 aromatic heterocycles. The van der Waals surface area contributed by atoms with E-state index in [1.807, 2.05) is 13.8 Å². The lowest BCUT2D eigenvalue weighted by Gasteiger charge is -2.37. The summed E-state index contributed by atoms with van der Waals surface area (Å²) in [4.78, 5) is 36.1. The van der Waals surface area contributed by atoms with E-state index in [9.17, 15) is 9.59 Å². The van der Waals surface area contributed by atoms with Gasteiger partial charge >= 0.3 is 5.97 Å². The van der Waals surface area contributed by atoms with Gasteiger partial charge in [-0.15, -0.1) is 11.3 Å². The summed E-state index contributed by atoms with van der Waals surface area (Å²) in [6.07, 6.45) is 3.06.